The van der Waals surface area contributed by atoms with Crippen LogP contribution < -0.4 is 9.47 Å². The normalized spacial score (nSPS) is 17.1. The zero-order valence-electron chi connectivity index (χ0n) is 10.2. The second-order valence-corrected chi connectivity index (χ2v) is 3.96. The molecule has 0 fully saturated rings. The fourth-order valence-electron chi connectivity index (χ4n) is 1.80. The lowest BCUT2D eigenvalue weighted by Gasteiger charge is -2.08. The van der Waals surface area contributed by atoms with E-state index >= 15 is 0 Å². The second-order valence-electron chi connectivity index (χ2n) is 3.96. The van der Waals surface area contributed by atoms with Gasteiger partial charge in [0.1, 0.15) is 18.1 Å². The minimum absolute atomic E-state index is 0.407. The van der Waals surface area contributed by atoms with E-state index in [0.717, 1.165) is 5.56 Å². The number of hydrogen-bond donors (Lipinski definition) is 1. The molecule has 5 heteroatoms. The maximum atomic E-state index is 10.8. The summed E-state index contributed by atoms with van der Waals surface area (Å²) in [7, 11) is 0. The van der Waals surface area contributed by atoms with Crippen LogP contribution in [-0.2, 0) is 16.0 Å². The van der Waals surface area contributed by atoms with E-state index in [4.69, 9.17) is 19.3 Å². The Morgan fingerprint density at radius 1 is 1.50 bits per heavy atom. The smallest absolute Gasteiger partial charge is 0.345 e. The van der Waals surface area contributed by atoms with Crippen LogP contribution >= 0.6 is 0 Å². The quantitative estimate of drug-likeness (QED) is 0.777. The third-order valence-corrected chi connectivity index (χ3v) is 2.69. The molecule has 1 N–H and O–H groups in total. The van der Waals surface area contributed by atoms with Crippen LogP contribution in [0.3, 0.4) is 0 Å². The van der Waals surface area contributed by atoms with Crippen LogP contribution in [0.5, 0.6) is 11.5 Å². The fraction of sp³-hybridized carbons (Fsp3) is 0.462. The first-order valence-electron chi connectivity index (χ1n) is 5.93. The van der Waals surface area contributed by atoms with Crippen molar-refractivity contribution in [1.82, 2.24) is 0 Å². The Kier molecular flexibility index (Phi) is 4.04. The second kappa shape index (κ2) is 5.73. The Labute approximate surface area is 105 Å². The van der Waals surface area contributed by atoms with Gasteiger partial charge in [0.15, 0.2) is 6.10 Å². The average molecular weight is 252 g/mol. The SMILES string of the molecule is CCOCCOc1ccc2c(c1)OC(C(=O)O)C2. The lowest BCUT2D eigenvalue weighted by Crippen LogP contribution is -2.24. The highest BCUT2D eigenvalue weighted by Gasteiger charge is 2.28. The molecule has 0 amide bonds. The van der Waals surface area contributed by atoms with Gasteiger partial charge in [-0.15, -0.1) is 0 Å². The molecule has 1 unspecified atom stereocenters. The van der Waals surface area contributed by atoms with Crippen molar-refractivity contribution in [3.63, 3.8) is 0 Å². The molecule has 0 radical (unpaired) electrons. The zero-order valence-corrected chi connectivity index (χ0v) is 10.2. The molecule has 0 aromatic heterocycles. The number of fused-ring (bicyclic) bond motifs is 1. The first-order chi connectivity index (χ1) is 8.70. The summed E-state index contributed by atoms with van der Waals surface area (Å²) in [5.74, 6) is 0.320. The van der Waals surface area contributed by atoms with E-state index in [9.17, 15) is 4.79 Å². The van der Waals surface area contributed by atoms with Crippen LogP contribution in [0.1, 0.15) is 12.5 Å². The van der Waals surface area contributed by atoms with Crippen LogP contribution in [0.15, 0.2) is 18.2 Å². The molecule has 0 spiro atoms. The molecule has 2 rings (SSSR count). The minimum atomic E-state index is -0.940. The van der Waals surface area contributed by atoms with Crippen molar-refractivity contribution < 1.29 is 24.1 Å². The maximum absolute atomic E-state index is 10.8. The van der Waals surface area contributed by atoms with Crippen molar-refractivity contribution in [1.29, 1.82) is 0 Å². The molecule has 1 aromatic carbocycles. The Morgan fingerprint density at radius 3 is 3.06 bits per heavy atom. The standard InChI is InChI=1S/C13H16O5/c1-2-16-5-6-17-10-4-3-9-7-12(13(14)15)18-11(9)8-10/h3-4,8,12H,2,5-7H2,1H3,(H,14,15). The Balaban J connectivity index is 1.93. The topological polar surface area (TPSA) is 65.0 Å². The summed E-state index contributed by atoms with van der Waals surface area (Å²) in [5.41, 5.74) is 0.902. The number of aliphatic carboxylic acids is 1. The molecule has 1 aliphatic rings. The lowest BCUT2D eigenvalue weighted by atomic mass is 10.1. The van der Waals surface area contributed by atoms with E-state index in [1.54, 1.807) is 6.07 Å². The highest BCUT2D eigenvalue weighted by atomic mass is 16.5. The molecule has 0 saturated carbocycles. The number of ether oxygens (including phenoxy) is 3. The lowest BCUT2D eigenvalue weighted by molar-refractivity contribution is -0.144. The van der Waals surface area contributed by atoms with E-state index in [-0.39, 0.29) is 0 Å². The van der Waals surface area contributed by atoms with Crippen LogP contribution in [0.4, 0.5) is 0 Å². The van der Waals surface area contributed by atoms with E-state index in [0.29, 0.717) is 37.7 Å². The van der Waals surface area contributed by atoms with Crippen LogP contribution in [0, 0.1) is 0 Å². The van der Waals surface area contributed by atoms with Crippen LogP contribution in [-0.4, -0.2) is 37.0 Å². The molecule has 18 heavy (non-hydrogen) atoms. The summed E-state index contributed by atoms with van der Waals surface area (Å²) in [6, 6.07) is 5.39. The van der Waals surface area contributed by atoms with Crippen molar-refractivity contribution in [3.05, 3.63) is 23.8 Å². The highest BCUT2D eigenvalue weighted by molar-refractivity contribution is 5.74. The van der Waals surface area contributed by atoms with Crippen molar-refractivity contribution >= 4 is 5.97 Å². The summed E-state index contributed by atoms with van der Waals surface area (Å²) in [6.07, 6.45) is -0.372. The van der Waals surface area contributed by atoms with Gasteiger partial charge < -0.3 is 19.3 Å². The van der Waals surface area contributed by atoms with Gasteiger partial charge in [-0.3, -0.25) is 0 Å². The van der Waals surface area contributed by atoms with Gasteiger partial charge in [0.2, 0.25) is 0 Å². The molecule has 1 aliphatic heterocycles. The number of carbonyl (C=O) groups is 1. The van der Waals surface area contributed by atoms with Crippen molar-refractivity contribution in [2.24, 2.45) is 0 Å². The minimum Gasteiger partial charge on any atom is -0.491 e. The zero-order chi connectivity index (χ0) is 13.0. The summed E-state index contributed by atoms with van der Waals surface area (Å²) in [5, 5.41) is 8.88. The van der Waals surface area contributed by atoms with Gasteiger partial charge in [0.05, 0.1) is 6.61 Å². The van der Waals surface area contributed by atoms with Gasteiger partial charge in [-0.2, -0.15) is 0 Å². The maximum Gasteiger partial charge on any atom is 0.345 e. The summed E-state index contributed by atoms with van der Waals surface area (Å²) >= 11 is 0. The summed E-state index contributed by atoms with van der Waals surface area (Å²) < 4.78 is 16.0. The molecule has 1 aromatic rings. The highest BCUT2D eigenvalue weighted by Crippen LogP contribution is 2.32. The van der Waals surface area contributed by atoms with Gasteiger partial charge in [-0.05, 0) is 18.6 Å². The number of benzene rings is 1. The molecule has 5 nitrogen and oxygen atoms in total. The van der Waals surface area contributed by atoms with Crippen LogP contribution in [0.25, 0.3) is 0 Å². The Hall–Kier alpha value is -1.75. The van der Waals surface area contributed by atoms with Crippen molar-refractivity contribution in [2.75, 3.05) is 19.8 Å². The first kappa shape index (κ1) is 12.7. The molecule has 98 valence electrons. The number of carboxylic acid groups (broad SMARTS) is 1. The third-order valence-electron chi connectivity index (χ3n) is 2.69. The van der Waals surface area contributed by atoms with E-state index < -0.39 is 12.1 Å². The predicted octanol–water partition coefficient (Wildman–Crippen LogP) is 1.49. The third kappa shape index (κ3) is 2.92. The number of hydrogen-bond acceptors (Lipinski definition) is 4. The summed E-state index contributed by atoms with van der Waals surface area (Å²) in [4.78, 5) is 10.8. The first-order valence-corrected chi connectivity index (χ1v) is 5.93. The van der Waals surface area contributed by atoms with Crippen LogP contribution in [0.2, 0.25) is 0 Å². The largest absolute Gasteiger partial charge is 0.491 e. The summed E-state index contributed by atoms with van der Waals surface area (Å²) in [6.45, 7) is 3.59. The molecular formula is C13H16O5. The number of rotatable bonds is 6. The van der Waals surface area contributed by atoms with E-state index in [1.165, 1.54) is 0 Å². The van der Waals surface area contributed by atoms with Crippen molar-refractivity contribution in [2.45, 2.75) is 19.4 Å². The monoisotopic (exact) mass is 252 g/mol. The Bertz CT molecular complexity index is 429. The predicted molar refractivity (Wildman–Crippen MR) is 64.2 cm³/mol. The van der Waals surface area contributed by atoms with Gasteiger partial charge in [-0.25, -0.2) is 4.79 Å². The number of carboxylic acids is 1. The van der Waals surface area contributed by atoms with Gasteiger partial charge in [-0.1, -0.05) is 6.07 Å². The molecule has 0 saturated heterocycles. The van der Waals surface area contributed by atoms with Gasteiger partial charge >= 0.3 is 5.97 Å². The molecule has 1 heterocycles. The van der Waals surface area contributed by atoms with E-state index in [2.05, 4.69) is 0 Å². The van der Waals surface area contributed by atoms with E-state index in [1.807, 2.05) is 19.1 Å². The fourth-order valence-corrected chi connectivity index (χ4v) is 1.80. The van der Waals surface area contributed by atoms with Gasteiger partial charge in [0, 0.05) is 19.1 Å². The average Bonchev–Trinajstić information content (AvgIpc) is 2.78. The molecular weight excluding hydrogens is 236 g/mol. The van der Waals surface area contributed by atoms with Gasteiger partial charge in [0.25, 0.3) is 0 Å². The van der Waals surface area contributed by atoms with Crippen molar-refractivity contribution in [3.8, 4) is 11.5 Å². The Morgan fingerprint density at radius 2 is 2.33 bits per heavy atom. The molecule has 1 atom stereocenters. The molecule has 0 aliphatic carbocycles. The molecule has 0 bridgehead atoms.